The van der Waals surface area contributed by atoms with Gasteiger partial charge >= 0.3 is 0 Å². The minimum atomic E-state index is 0.416. The predicted octanol–water partition coefficient (Wildman–Crippen LogP) is 2.53. The third kappa shape index (κ3) is 4.46. The summed E-state index contributed by atoms with van der Waals surface area (Å²) in [6, 6.07) is 4.18. The van der Waals surface area contributed by atoms with Gasteiger partial charge in [0.05, 0.1) is 6.61 Å². The van der Waals surface area contributed by atoms with Crippen LogP contribution >= 0.6 is 0 Å². The molecule has 0 spiro atoms. The molecule has 1 aliphatic carbocycles. The van der Waals surface area contributed by atoms with Crippen molar-refractivity contribution in [2.24, 2.45) is 11.7 Å². The van der Waals surface area contributed by atoms with Crippen LogP contribution in [0.3, 0.4) is 0 Å². The number of hydrogen-bond donors (Lipinski definition) is 1. The van der Waals surface area contributed by atoms with Gasteiger partial charge in [-0.1, -0.05) is 13.8 Å². The molecule has 1 fully saturated rings. The van der Waals surface area contributed by atoms with Crippen molar-refractivity contribution in [3.05, 3.63) is 23.4 Å². The first-order valence-corrected chi connectivity index (χ1v) is 7.60. The normalized spacial score (nSPS) is 14.8. The topological polar surface area (TPSA) is 51.4 Å². The summed E-state index contributed by atoms with van der Waals surface area (Å²) in [5, 5.41) is 0. The summed E-state index contributed by atoms with van der Waals surface area (Å²) in [4.78, 5) is 6.87. The average molecular weight is 277 g/mol. The molecule has 1 heterocycles. The molecule has 2 rings (SSSR count). The van der Waals surface area contributed by atoms with Crippen molar-refractivity contribution < 1.29 is 4.74 Å². The van der Waals surface area contributed by atoms with Crippen molar-refractivity contribution in [1.82, 2.24) is 4.98 Å². The summed E-state index contributed by atoms with van der Waals surface area (Å²) < 4.78 is 5.69. The van der Waals surface area contributed by atoms with Crippen molar-refractivity contribution in [2.75, 3.05) is 31.7 Å². The lowest BCUT2D eigenvalue weighted by atomic mass is 10.1. The smallest absolute Gasteiger partial charge is 0.128 e. The third-order valence-electron chi connectivity index (χ3n) is 3.73. The van der Waals surface area contributed by atoms with E-state index in [1.165, 1.54) is 12.8 Å². The summed E-state index contributed by atoms with van der Waals surface area (Å²) in [5.41, 5.74) is 8.03. The maximum Gasteiger partial charge on any atom is 0.128 e. The molecule has 0 aromatic carbocycles. The summed E-state index contributed by atoms with van der Waals surface area (Å²) in [7, 11) is 2.06. The Morgan fingerprint density at radius 2 is 2.15 bits per heavy atom. The van der Waals surface area contributed by atoms with Gasteiger partial charge in [-0.2, -0.15) is 0 Å². The van der Waals surface area contributed by atoms with E-state index in [2.05, 4.69) is 37.9 Å². The van der Waals surface area contributed by atoms with Crippen LogP contribution in [0.5, 0.6) is 0 Å². The molecular weight excluding hydrogens is 250 g/mol. The Balaban J connectivity index is 1.92. The van der Waals surface area contributed by atoms with Crippen molar-refractivity contribution in [2.45, 2.75) is 39.2 Å². The molecule has 112 valence electrons. The number of aromatic nitrogens is 1. The molecule has 0 aliphatic heterocycles. The zero-order chi connectivity index (χ0) is 14.5. The molecule has 1 saturated carbocycles. The number of nitrogens with zero attached hydrogens (tertiary/aromatic N) is 2. The van der Waals surface area contributed by atoms with Gasteiger partial charge in [0, 0.05) is 32.4 Å². The Kier molecular flexibility index (Phi) is 5.38. The Hall–Kier alpha value is -1.13. The second-order valence-electron chi connectivity index (χ2n) is 6.06. The Morgan fingerprint density at radius 3 is 2.75 bits per heavy atom. The molecule has 1 aromatic rings. The van der Waals surface area contributed by atoms with Crippen LogP contribution in [-0.2, 0) is 11.3 Å². The molecule has 1 aliphatic rings. The van der Waals surface area contributed by atoms with Crippen molar-refractivity contribution in [3.63, 3.8) is 0 Å². The molecule has 0 radical (unpaired) electrons. The van der Waals surface area contributed by atoms with Crippen LogP contribution in [0.25, 0.3) is 0 Å². The van der Waals surface area contributed by atoms with Crippen molar-refractivity contribution >= 4 is 5.82 Å². The monoisotopic (exact) mass is 277 g/mol. The number of hydrogen-bond acceptors (Lipinski definition) is 4. The van der Waals surface area contributed by atoms with Gasteiger partial charge in [-0.05, 0) is 42.4 Å². The summed E-state index contributed by atoms with van der Waals surface area (Å²) in [6.07, 6.45) is 2.68. The van der Waals surface area contributed by atoms with Crippen molar-refractivity contribution in [3.8, 4) is 0 Å². The van der Waals surface area contributed by atoms with Gasteiger partial charge in [-0.3, -0.25) is 0 Å². The van der Waals surface area contributed by atoms with Crippen molar-refractivity contribution in [1.29, 1.82) is 0 Å². The van der Waals surface area contributed by atoms with Crippen LogP contribution < -0.4 is 10.6 Å². The van der Waals surface area contributed by atoms with E-state index in [-0.39, 0.29) is 0 Å². The lowest BCUT2D eigenvalue weighted by molar-refractivity contribution is 0.131. The Labute approximate surface area is 122 Å². The van der Waals surface area contributed by atoms with E-state index in [0.29, 0.717) is 12.5 Å². The molecule has 4 heteroatoms. The first-order valence-electron chi connectivity index (χ1n) is 7.60. The van der Waals surface area contributed by atoms with Crippen LogP contribution in [0, 0.1) is 5.92 Å². The van der Waals surface area contributed by atoms with Gasteiger partial charge < -0.3 is 15.4 Å². The van der Waals surface area contributed by atoms with Crippen LogP contribution in [0.15, 0.2) is 12.1 Å². The van der Waals surface area contributed by atoms with Gasteiger partial charge in [0.2, 0.25) is 0 Å². The highest BCUT2D eigenvalue weighted by atomic mass is 16.5. The minimum Gasteiger partial charge on any atom is -0.379 e. The van der Waals surface area contributed by atoms with Gasteiger partial charge in [-0.15, -0.1) is 0 Å². The fourth-order valence-electron chi connectivity index (χ4n) is 2.05. The first kappa shape index (κ1) is 15.3. The standard InChI is InChI=1S/C16H27N3O/c1-12(2)15-8-14(10-17)9-16(18-15)19(3)6-7-20-11-13-4-5-13/h8-9,12-13H,4-7,10-11,17H2,1-3H3. The zero-order valence-corrected chi connectivity index (χ0v) is 12.9. The molecule has 20 heavy (non-hydrogen) atoms. The van der Waals surface area contributed by atoms with Crippen LogP contribution in [0.2, 0.25) is 0 Å². The molecule has 0 atom stereocenters. The molecule has 0 bridgehead atoms. The average Bonchev–Trinajstić information content (AvgIpc) is 3.26. The molecule has 1 aromatic heterocycles. The summed E-state index contributed by atoms with van der Waals surface area (Å²) in [5.74, 6) is 2.23. The number of anilines is 1. The SMILES string of the molecule is CC(C)c1cc(CN)cc(N(C)CCOCC2CC2)n1. The first-order chi connectivity index (χ1) is 9.60. The predicted molar refractivity (Wildman–Crippen MR) is 83.0 cm³/mol. The quantitative estimate of drug-likeness (QED) is 0.742. The molecule has 2 N–H and O–H groups in total. The zero-order valence-electron chi connectivity index (χ0n) is 12.9. The highest BCUT2D eigenvalue weighted by molar-refractivity contribution is 5.42. The van der Waals surface area contributed by atoms with Gasteiger partial charge in [0.1, 0.15) is 5.82 Å². The second kappa shape index (κ2) is 7.04. The fraction of sp³-hybridized carbons (Fsp3) is 0.688. The number of nitrogens with two attached hydrogens (primary N) is 1. The van der Waals surface area contributed by atoms with E-state index in [1.54, 1.807) is 0 Å². The van der Waals surface area contributed by atoms with E-state index in [9.17, 15) is 0 Å². The fourth-order valence-corrected chi connectivity index (χ4v) is 2.05. The van der Waals surface area contributed by atoms with E-state index >= 15 is 0 Å². The minimum absolute atomic E-state index is 0.416. The molecular formula is C16H27N3O. The lowest BCUT2D eigenvalue weighted by Gasteiger charge is -2.20. The lowest BCUT2D eigenvalue weighted by Crippen LogP contribution is -2.24. The van der Waals surface area contributed by atoms with Gasteiger partial charge in [0.25, 0.3) is 0 Å². The Bertz CT molecular complexity index is 430. The summed E-state index contributed by atoms with van der Waals surface area (Å²) in [6.45, 7) is 7.42. The maximum atomic E-state index is 5.78. The van der Waals surface area contributed by atoms with Crippen LogP contribution in [0.1, 0.15) is 43.9 Å². The van der Waals surface area contributed by atoms with E-state index in [1.807, 2.05) is 0 Å². The highest BCUT2D eigenvalue weighted by Gasteiger charge is 2.21. The van der Waals surface area contributed by atoms with Crippen LogP contribution in [-0.4, -0.2) is 31.8 Å². The Morgan fingerprint density at radius 1 is 1.40 bits per heavy atom. The van der Waals surface area contributed by atoms with E-state index in [0.717, 1.165) is 42.8 Å². The number of pyridine rings is 1. The van der Waals surface area contributed by atoms with E-state index < -0.39 is 0 Å². The summed E-state index contributed by atoms with van der Waals surface area (Å²) >= 11 is 0. The van der Waals surface area contributed by atoms with Gasteiger partial charge in [-0.25, -0.2) is 4.98 Å². The molecule has 0 unspecified atom stereocenters. The number of ether oxygens (including phenoxy) is 1. The number of likely N-dealkylation sites (N-methyl/N-ethyl adjacent to an activating group) is 1. The van der Waals surface area contributed by atoms with Crippen LogP contribution in [0.4, 0.5) is 5.82 Å². The second-order valence-corrected chi connectivity index (χ2v) is 6.06. The molecule has 4 nitrogen and oxygen atoms in total. The third-order valence-corrected chi connectivity index (χ3v) is 3.73. The molecule has 0 amide bonds. The number of rotatable bonds is 8. The van der Waals surface area contributed by atoms with E-state index in [4.69, 9.17) is 15.5 Å². The highest BCUT2D eigenvalue weighted by Crippen LogP contribution is 2.28. The van der Waals surface area contributed by atoms with Gasteiger partial charge in [0.15, 0.2) is 0 Å². The largest absolute Gasteiger partial charge is 0.379 e. The molecule has 0 saturated heterocycles. The maximum absolute atomic E-state index is 5.78.